The van der Waals surface area contributed by atoms with E-state index in [0.717, 1.165) is 18.0 Å². The van der Waals surface area contributed by atoms with Crippen LogP contribution in [0.4, 0.5) is 13.2 Å². The molecular formula is C15H19F3N2S. The summed E-state index contributed by atoms with van der Waals surface area (Å²) in [5, 5.41) is 0. The molecule has 0 amide bonds. The largest absolute Gasteiger partial charge is 0.446 e. The number of halogens is 3. The molecule has 0 spiro atoms. The van der Waals surface area contributed by atoms with Crippen LogP contribution in [-0.2, 0) is 0 Å². The van der Waals surface area contributed by atoms with Gasteiger partial charge >= 0.3 is 5.51 Å². The maximum atomic E-state index is 12.3. The molecule has 3 atom stereocenters. The Morgan fingerprint density at radius 3 is 2.43 bits per heavy atom. The van der Waals surface area contributed by atoms with E-state index in [2.05, 4.69) is 4.90 Å². The summed E-state index contributed by atoms with van der Waals surface area (Å²) in [7, 11) is 0. The lowest BCUT2D eigenvalue weighted by Gasteiger charge is -2.34. The van der Waals surface area contributed by atoms with Crippen LogP contribution in [-0.4, -0.2) is 29.5 Å². The summed E-state index contributed by atoms with van der Waals surface area (Å²) in [5.41, 5.74) is 2.72. The Morgan fingerprint density at radius 2 is 1.95 bits per heavy atom. The van der Waals surface area contributed by atoms with E-state index >= 15 is 0 Å². The zero-order valence-corrected chi connectivity index (χ0v) is 12.5. The Bertz CT molecular complexity index is 489. The van der Waals surface area contributed by atoms with Crippen LogP contribution in [0.2, 0.25) is 0 Å². The number of hydrogen-bond acceptors (Lipinski definition) is 3. The van der Waals surface area contributed by atoms with Gasteiger partial charge in [-0.3, -0.25) is 4.90 Å². The molecule has 1 aliphatic carbocycles. The molecule has 2 fully saturated rings. The molecule has 2 nitrogen and oxygen atoms in total. The van der Waals surface area contributed by atoms with Crippen molar-refractivity contribution in [1.82, 2.24) is 4.90 Å². The summed E-state index contributed by atoms with van der Waals surface area (Å²) in [6.07, 6.45) is 3.78. The van der Waals surface area contributed by atoms with Crippen LogP contribution in [0.5, 0.6) is 0 Å². The highest BCUT2D eigenvalue weighted by atomic mass is 32.2. The molecule has 1 aromatic carbocycles. The number of nitrogens with two attached hydrogens (primary N) is 1. The summed E-state index contributed by atoms with van der Waals surface area (Å²) < 4.78 is 37.0. The third-order valence-corrected chi connectivity index (χ3v) is 5.31. The summed E-state index contributed by atoms with van der Waals surface area (Å²) in [6, 6.07) is 7.41. The van der Waals surface area contributed by atoms with Crippen LogP contribution < -0.4 is 5.73 Å². The predicted octanol–water partition coefficient (Wildman–Crippen LogP) is 3.78. The Hall–Kier alpha value is -0.720. The van der Waals surface area contributed by atoms with Crippen molar-refractivity contribution >= 4 is 11.8 Å². The topological polar surface area (TPSA) is 29.3 Å². The lowest BCUT2D eigenvalue weighted by Crippen LogP contribution is -2.39. The van der Waals surface area contributed by atoms with Gasteiger partial charge in [0.05, 0.1) is 0 Å². The van der Waals surface area contributed by atoms with Gasteiger partial charge in [0.25, 0.3) is 0 Å². The number of thioether (sulfide) groups is 1. The van der Waals surface area contributed by atoms with Crippen molar-refractivity contribution in [2.75, 3.05) is 13.1 Å². The molecule has 3 rings (SSSR count). The van der Waals surface area contributed by atoms with Crippen molar-refractivity contribution in [2.24, 2.45) is 11.7 Å². The second kappa shape index (κ2) is 5.82. The molecule has 1 saturated heterocycles. The van der Waals surface area contributed by atoms with E-state index in [4.69, 9.17) is 5.73 Å². The highest BCUT2D eigenvalue weighted by Gasteiger charge is 2.41. The highest BCUT2D eigenvalue weighted by Crippen LogP contribution is 2.42. The first-order chi connectivity index (χ1) is 9.96. The van der Waals surface area contributed by atoms with Crippen LogP contribution in [0.3, 0.4) is 0 Å². The van der Waals surface area contributed by atoms with Crippen molar-refractivity contribution in [3.63, 3.8) is 0 Å². The van der Waals surface area contributed by atoms with E-state index in [9.17, 15) is 13.2 Å². The molecule has 21 heavy (non-hydrogen) atoms. The van der Waals surface area contributed by atoms with Gasteiger partial charge in [-0.2, -0.15) is 13.2 Å². The fourth-order valence-electron chi connectivity index (χ4n) is 3.70. The second-order valence-electron chi connectivity index (χ2n) is 5.90. The van der Waals surface area contributed by atoms with Gasteiger partial charge < -0.3 is 5.73 Å². The minimum absolute atomic E-state index is 0.0717. The predicted molar refractivity (Wildman–Crippen MR) is 78.0 cm³/mol. The number of benzene rings is 1. The van der Waals surface area contributed by atoms with Crippen LogP contribution in [0.15, 0.2) is 29.2 Å². The number of fused-ring (bicyclic) bond motifs is 2. The smallest absolute Gasteiger partial charge is 0.329 e. The average molecular weight is 316 g/mol. The molecule has 2 N–H and O–H groups in total. The minimum Gasteiger partial charge on any atom is -0.329 e. The van der Waals surface area contributed by atoms with E-state index in [0.29, 0.717) is 12.6 Å². The standard InChI is InChI=1S/C15H19F3N2S/c16-15(17,18)21-13-5-2-11(3-6-13)14(8-19)20-9-10-1-4-12(20)7-10/h2-3,5-6,10,12,14H,1,4,7-9,19H2. The number of rotatable bonds is 4. The van der Waals surface area contributed by atoms with Crippen molar-refractivity contribution in [3.8, 4) is 0 Å². The van der Waals surface area contributed by atoms with Gasteiger partial charge in [0.2, 0.25) is 0 Å². The van der Waals surface area contributed by atoms with Crippen molar-refractivity contribution < 1.29 is 13.2 Å². The number of piperidine rings is 1. The monoisotopic (exact) mass is 316 g/mol. The number of hydrogen-bond donors (Lipinski definition) is 1. The number of nitrogens with zero attached hydrogens (tertiary/aromatic N) is 1. The van der Waals surface area contributed by atoms with E-state index < -0.39 is 5.51 Å². The molecule has 1 heterocycles. The maximum Gasteiger partial charge on any atom is 0.446 e. The third kappa shape index (κ3) is 3.38. The average Bonchev–Trinajstić information content (AvgIpc) is 3.02. The first kappa shape index (κ1) is 15.2. The van der Waals surface area contributed by atoms with Gasteiger partial charge in [-0.05, 0) is 54.6 Å². The zero-order valence-electron chi connectivity index (χ0n) is 11.6. The number of alkyl halides is 3. The molecule has 1 saturated carbocycles. The SMILES string of the molecule is NCC(c1ccc(SC(F)(F)F)cc1)N1CC2CCC1C2. The molecular weight excluding hydrogens is 297 g/mol. The van der Waals surface area contributed by atoms with Gasteiger partial charge in [0.15, 0.2) is 0 Å². The summed E-state index contributed by atoms with van der Waals surface area (Å²) in [5.74, 6) is 0.782. The first-order valence-corrected chi connectivity index (χ1v) is 8.09. The molecule has 1 aliphatic heterocycles. The maximum absolute atomic E-state index is 12.3. The Labute approximate surface area is 126 Å². The van der Waals surface area contributed by atoms with E-state index in [1.165, 1.54) is 19.3 Å². The van der Waals surface area contributed by atoms with E-state index in [1.807, 2.05) is 0 Å². The lowest BCUT2D eigenvalue weighted by atomic mass is 10.0. The van der Waals surface area contributed by atoms with Gasteiger partial charge in [-0.1, -0.05) is 12.1 Å². The summed E-state index contributed by atoms with van der Waals surface area (Å²) in [6.45, 7) is 1.58. The zero-order chi connectivity index (χ0) is 15.0. The Balaban J connectivity index is 1.72. The molecule has 6 heteroatoms. The first-order valence-electron chi connectivity index (χ1n) is 7.28. The molecule has 3 unspecified atom stereocenters. The molecule has 2 aliphatic rings. The van der Waals surface area contributed by atoms with Gasteiger partial charge in [-0.15, -0.1) is 0 Å². The molecule has 2 bridgehead atoms. The molecule has 0 aromatic heterocycles. The molecule has 0 radical (unpaired) electrons. The van der Waals surface area contributed by atoms with Crippen LogP contribution >= 0.6 is 11.8 Å². The normalized spacial score (nSPS) is 27.2. The fraction of sp³-hybridized carbons (Fsp3) is 0.600. The molecule has 116 valence electrons. The Kier molecular flexibility index (Phi) is 4.21. The van der Waals surface area contributed by atoms with Crippen LogP contribution in [0.25, 0.3) is 0 Å². The van der Waals surface area contributed by atoms with Crippen molar-refractivity contribution in [1.29, 1.82) is 0 Å². The van der Waals surface area contributed by atoms with Gasteiger partial charge in [0, 0.05) is 30.1 Å². The highest BCUT2D eigenvalue weighted by molar-refractivity contribution is 8.00. The minimum atomic E-state index is -4.23. The van der Waals surface area contributed by atoms with Gasteiger partial charge in [-0.25, -0.2) is 0 Å². The van der Waals surface area contributed by atoms with Crippen molar-refractivity contribution in [2.45, 2.75) is 41.7 Å². The number of likely N-dealkylation sites (tertiary alicyclic amines) is 1. The fourth-order valence-corrected chi connectivity index (χ4v) is 4.24. The second-order valence-corrected chi connectivity index (χ2v) is 7.04. The van der Waals surface area contributed by atoms with Crippen molar-refractivity contribution in [3.05, 3.63) is 29.8 Å². The van der Waals surface area contributed by atoms with E-state index in [1.54, 1.807) is 24.3 Å². The molecule has 1 aromatic rings. The lowest BCUT2D eigenvalue weighted by molar-refractivity contribution is -0.0328. The third-order valence-electron chi connectivity index (χ3n) is 4.57. The summed E-state index contributed by atoms with van der Waals surface area (Å²) >= 11 is -0.0717. The van der Waals surface area contributed by atoms with Gasteiger partial charge in [0.1, 0.15) is 0 Å². The van der Waals surface area contributed by atoms with Crippen LogP contribution in [0, 0.1) is 5.92 Å². The Morgan fingerprint density at radius 1 is 1.24 bits per heavy atom. The van der Waals surface area contributed by atoms with Crippen LogP contribution in [0.1, 0.15) is 30.9 Å². The van der Waals surface area contributed by atoms with E-state index in [-0.39, 0.29) is 22.7 Å². The quantitative estimate of drug-likeness (QED) is 0.857. The summed E-state index contributed by atoms with van der Waals surface area (Å²) in [4.78, 5) is 2.67.